The van der Waals surface area contributed by atoms with Crippen LogP contribution in [0.5, 0.6) is 0 Å². The lowest BCUT2D eigenvalue weighted by Gasteiger charge is -2.44. The van der Waals surface area contributed by atoms with Gasteiger partial charge in [0, 0.05) is 24.3 Å². The molecule has 0 aromatic carbocycles. The molecule has 0 unspecified atom stereocenters. The second-order valence-electron chi connectivity index (χ2n) is 6.40. The molecule has 0 spiro atoms. The number of amides is 1. The molecular weight excluding hydrogens is 348 g/mol. The Bertz CT molecular complexity index is 689. The second-order valence-corrected chi connectivity index (χ2v) is 7.47. The monoisotopic (exact) mass is 368 g/mol. The first kappa shape index (κ1) is 17.7. The number of nitrogens with one attached hydrogen (secondary N) is 1. The van der Waals surface area contributed by atoms with E-state index in [9.17, 15) is 19.8 Å². The molecule has 2 saturated heterocycles. The van der Waals surface area contributed by atoms with Crippen LogP contribution in [-0.2, 0) is 9.59 Å². The lowest BCUT2D eigenvalue weighted by atomic mass is 9.83. The van der Waals surface area contributed by atoms with Crippen molar-refractivity contribution in [1.29, 1.82) is 5.41 Å². The van der Waals surface area contributed by atoms with Crippen molar-refractivity contribution >= 4 is 35.2 Å². The number of carbonyl (C=O) groups excluding carboxylic acids is 1. The van der Waals surface area contributed by atoms with Crippen molar-refractivity contribution in [2.45, 2.75) is 31.9 Å². The molecule has 2 fully saturated rings. The number of aliphatic carboxylic acids is 1. The fourth-order valence-corrected chi connectivity index (χ4v) is 4.67. The number of nitrogens with zero attached hydrogens (tertiary/aromatic N) is 3. The zero-order valence-corrected chi connectivity index (χ0v) is 14.5. The maximum absolute atomic E-state index is 12.1. The van der Waals surface area contributed by atoms with Crippen molar-refractivity contribution in [1.82, 2.24) is 9.80 Å². The van der Waals surface area contributed by atoms with Crippen molar-refractivity contribution in [3.63, 3.8) is 0 Å². The van der Waals surface area contributed by atoms with E-state index in [0.717, 1.165) is 0 Å². The van der Waals surface area contributed by atoms with E-state index in [4.69, 9.17) is 10.6 Å². The smallest absolute Gasteiger partial charge is 0.353 e. The normalized spacial score (nSPS) is 28.4. The van der Waals surface area contributed by atoms with Crippen LogP contribution >= 0.6 is 11.8 Å². The van der Waals surface area contributed by atoms with E-state index in [1.165, 1.54) is 23.6 Å². The van der Waals surface area contributed by atoms with Gasteiger partial charge in [0.25, 0.3) is 0 Å². The minimum Gasteiger partial charge on any atom is -0.477 e. The highest BCUT2D eigenvalue weighted by molar-refractivity contribution is 8.03. The number of β-lactam (4-membered cyclic amide) rings is 1. The number of thioether (sulfide) groups is 1. The van der Waals surface area contributed by atoms with E-state index in [1.807, 2.05) is 0 Å². The van der Waals surface area contributed by atoms with Gasteiger partial charge in [0.05, 0.1) is 36.1 Å². The molecule has 0 aliphatic carbocycles. The predicted molar refractivity (Wildman–Crippen MR) is 90.7 cm³/mol. The molecule has 4 N–H and O–H groups in total. The summed E-state index contributed by atoms with van der Waals surface area (Å²) < 4.78 is 0. The van der Waals surface area contributed by atoms with Gasteiger partial charge < -0.3 is 25.2 Å². The average molecular weight is 368 g/mol. The highest BCUT2D eigenvalue weighted by atomic mass is 32.2. The van der Waals surface area contributed by atoms with Gasteiger partial charge in [0.2, 0.25) is 5.91 Å². The van der Waals surface area contributed by atoms with Crippen molar-refractivity contribution < 1.29 is 25.0 Å². The predicted octanol–water partition coefficient (Wildman–Crippen LogP) is 0.140. The first-order valence-electron chi connectivity index (χ1n) is 7.97. The summed E-state index contributed by atoms with van der Waals surface area (Å²) in [4.78, 5) is 27.3. The van der Waals surface area contributed by atoms with Crippen molar-refractivity contribution in [2.24, 2.45) is 11.1 Å². The summed E-state index contributed by atoms with van der Waals surface area (Å²) >= 11 is 1.24. The van der Waals surface area contributed by atoms with Gasteiger partial charge in [-0.2, -0.15) is 0 Å². The van der Waals surface area contributed by atoms with Crippen LogP contribution in [0.3, 0.4) is 0 Å². The van der Waals surface area contributed by atoms with E-state index in [2.05, 4.69) is 5.16 Å². The summed E-state index contributed by atoms with van der Waals surface area (Å²) in [5.74, 6) is -1.47. The maximum atomic E-state index is 12.1. The molecule has 136 valence electrons. The van der Waals surface area contributed by atoms with Crippen LogP contribution in [0.25, 0.3) is 0 Å². The third-order valence-electron chi connectivity index (χ3n) is 4.84. The average Bonchev–Trinajstić information content (AvgIpc) is 3.14. The third kappa shape index (κ3) is 2.99. The number of hydrogen-bond donors (Lipinski definition) is 4. The number of amidine groups is 1. The lowest BCUT2D eigenvalue weighted by molar-refractivity contribution is -0.161. The minimum atomic E-state index is -1.16. The van der Waals surface area contributed by atoms with Gasteiger partial charge in [-0.1, -0.05) is 5.16 Å². The van der Waals surface area contributed by atoms with Gasteiger partial charge in [0.1, 0.15) is 11.5 Å². The zero-order chi connectivity index (χ0) is 18.3. The number of fused-ring (bicyclic) bond motifs is 1. The Kier molecular flexibility index (Phi) is 4.74. The SMILES string of the molecule is C[C@@H](O)[C@H]1C(=O)N2C(C(=O)O)=C(SCC(=N)N3CCC(=NO)C3)C[C@H]12. The number of oxime groups is 1. The Morgan fingerprint density at radius 3 is 2.80 bits per heavy atom. The molecule has 10 heteroatoms. The Morgan fingerprint density at radius 2 is 2.24 bits per heavy atom. The highest BCUT2D eigenvalue weighted by Crippen LogP contribution is 2.47. The molecule has 9 nitrogen and oxygen atoms in total. The molecule has 3 aliphatic rings. The Labute approximate surface area is 148 Å². The molecule has 0 radical (unpaired) electrons. The van der Waals surface area contributed by atoms with Crippen LogP contribution in [0.15, 0.2) is 15.8 Å². The molecule has 3 rings (SSSR count). The summed E-state index contributed by atoms with van der Waals surface area (Å²) in [6.45, 7) is 2.54. The van der Waals surface area contributed by atoms with E-state index in [-0.39, 0.29) is 23.4 Å². The number of hydrogen-bond acceptors (Lipinski definition) is 7. The van der Waals surface area contributed by atoms with Gasteiger partial charge in [-0.3, -0.25) is 10.2 Å². The summed E-state index contributed by atoms with van der Waals surface area (Å²) in [5.41, 5.74) is 0.597. The molecular formula is C15H20N4O5S. The molecule has 3 aliphatic heterocycles. The van der Waals surface area contributed by atoms with E-state index < -0.39 is 18.0 Å². The fourth-order valence-electron chi connectivity index (χ4n) is 3.56. The summed E-state index contributed by atoms with van der Waals surface area (Å²) in [7, 11) is 0. The van der Waals surface area contributed by atoms with Crippen LogP contribution in [0.4, 0.5) is 0 Å². The maximum Gasteiger partial charge on any atom is 0.353 e. The van der Waals surface area contributed by atoms with Crippen molar-refractivity contribution in [3.8, 4) is 0 Å². The van der Waals surface area contributed by atoms with Crippen LogP contribution < -0.4 is 0 Å². The summed E-state index contributed by atoms with van der Waals surface area (Å²) in [6.07, 6.45) is 0.185. The van der Waals surface area contributed by atoms with E-state index >= 15 is 0 Å². The van der Waals surface area contributed by atoms with Crippen LogP contribution in [0, 0.1) is 11.3 Å². The Hall–Kier alpha value is -2.07. The summed E-state index contributed by atoms with van der Waals surface area (Å²) in [6, 6.07) is -0.310. The molecule has 1 amide bonds. The van der Waals surface area contributed by atoms with Gasteiger partial charge in [0.15, 0.2) is 0 Å². The van der Waals surface area contributed by atoms with Crippen LogP contribution in [0.2, 0.25) is 0 Å². The molecule has 25 heavy (non-hydrogen) atoms. The largest absolute Gasteiger partial charge is 0.477 e. The van der Waals surface area contributed by atoms with Gasteiger partial charge in [-0.15, -0.1) is 11.8 Å². The molecule has 0 saturated carbocycles. The first-order valence-corrected chi connectivity index (χ1v) is 8.96. The third-order valence-corrected chi connectivity index (χ3v) is 5.97. The molecule has 3 atom stereocenters. The first-order chi connectivity index (χ1) is 11.8. The number of aliphatic hydroxyl groups is 1. The number of carboxylic acids is 1. The summed E-state index contributed by atoms with van der Waals surface area (Å²) in [5, 5.41) is 39.3. The Balaban J connectivity index is 1.67. The molecule has 3 heterocycles. The number of likely N-dealkylation sites (tertiary alicyclic amines) is 1. The standard InChI is InChI=1S/C15H20N4O5S/c1-7(20)12-9-4-10(13(15(22)23)19(9)14(12)21)25-6-11(16)18-3-2-8(5-18)17-24/h7,9,12,16,20,24H,2-6H2,1H3,(H,22,23)/t7-,9-,12-/m1/s1. The number of carbonyl (C=O) groups is 2. The lowest BCUT2D eigenvalue weighted by Crippen LogP contribution is -2.61. The molecule has 0 bridgehead atoms. The molecule has 0 aromatic rings. The quantitative estimate of drug-likeness (QED) is 0.178. The Morgan fingerprint density at radius 1 is 1.52 bits per heavy atom. The van der Waals surface area contributed by atoms with Crippen molar-refractivity contribution in [3.05, 3.63) is 10.6 Å². The second kappa shape index (κ2) is 6.68. The van der Waals surface area contributed by atoms with Crippen LogP contribution in [-0.4, -0.2) is 79.6 Å². The number of aliphatic hydroxyl groups excluding tert-OH is 1. The number of rotatable bonds is 5. The van der Waals surface area contributed by atoms with Crippen LogP contribution in [0.1, 0.15) is 19.8 Å². The highest BCUT2D eigenvalue weighted by Gasteiger charge is 2.56. The van der Waals surface area contributed by atoms with E-state index in [0.29, 0.717) is 42.4 Å². The zero-order valence-electron chi connectivity index (χ0n) is 13.7. The van der Waals surface area contributed by atoms with Crippen molar-refractivity contribution in [2.75, 3.05) is 18.8 Å². The fraction of sp³-hybridized carbons (Fsp3) is 0.600. The minimum absolute atomic E-state index is 0.0243. The number of carboxylic acid groups (broad SMARTS) is 1. The van der Waals surface area contributed by atoms with Gasteiger partial charge in [-0.05, 0) is 6.92 Å². The van der Waals surface area contributed by atoms with Gasteiger partial charge in [-0.25, -0.2) is 4.79 Å². The van der Waals surface area contributed by atoms with E-state index in [1.54, 1.807) is 4.90 Å². The topological polar surface area (TPSA) is 138 Å². The van der Waals surface area contributed by atoms with Gasteiger partial charge >= 0.3 is 5.97 Å². The molecule has 0 aromatic heterocycles.